The average molecular weight is 486 g/mol. The minimum absolute atomic E-state index is 0.130. The maximum atomic E-state index is 10.3. The zero-order valence-electron chi connectivity index (χ0n) is 17.9. The topological polar surface area (TPSA) is 73.8 Å². The van der Waals surface area contributed by atoms with Gasteiger partial charge in [-0.1, -0.05) is 11.6 Å². The summed E-state index contributed by atoms with van der Waals surface area (Å²) in [5, 5.41) is 3.70. The Morgan fingerprint density at radius 2 is 1.87 bits per heavy atom. The van der Waals surface area contributed by atoms with Crippen molar-refractivity contribution in [1.29, 1.82) is 0 Å². The molecular weight excluding hydrogens is 456 g/mol. The fourth-order valence-corrected chi connectivity index (χ4v) is 6.46. The van der Waals surface area contributed by atoms with Gasteiger partial charge in [-0.3, -0.25) is 0 Å². The molecule has 3 heterocycles. The van der Waals surface area contributed by atoms with Crippen LogP contribution in [0, 0.1) is 0 Å². The molecule has 0 bridgehead atoms. The van der Waals surface area contributed by atoms with Crippen molar-refractivity contribution in [1.82, 2.24) is 14.9 Å². The first-order valence-corrected chi connectivity index (χ1v) is 14.3. The Labute approximate surface area is 194 Å². The number of hydrogen-bond donors (Lipinski definition) is 2. The second-order valence-electron chi connectivity index (χ2n) is 8.60. The number of hydrogen-bond acceptors (Lipinski definition) is 7. The summed E-state index contributed by atoms with van der Waals surface area (Å²) >= 11 is 12.1. The van der Waals surface area contributed by atoms with Gasteiger partial charge in [-0.25, -0.2) is 4.98 Å². The molecule has 2 fully saturated rings. The molecule has 7 nitrogen and oxygen atoms in total. The number of halogens is 2. The van der Waals surface area contributed by atoms with E-state index in [1.165, 1.54) is 6.20 Å². The van der Waals surface area contributed by atoms with Gasteiger partial charge in [-0.2, -0.15) is 4.98 Å². The minimum Gasteiger partial charge on any atom is -0.225 e. The molecular formula is C21H30Cl2N5O2P. The summed E-state index contributed by atoms with van der Waals surface area (Å²) in [6.07, 6.45) is 5.75. The summed E-state index contributed by atoms with van der Waals surface area (Å²) in [6.45, 7) is 6.21. The van der Waals surface area contributed by atoms with Crippen LogP contribution in [0.5, 0.6) is 5.75 Å². The molecule has 2 N–H and O–H groups in total. The Kier molecular flexibility index (Phi) is 7.09. The SMILES string of the molecule is COc1cc(N2CCC(N3CC[PH](C)(O)CC3)CC2)ccc1Nc1nc(Cl)ncc1Cl. The van der Waals surface area contributed by atoms with Gasteiger partial charge >= 0.3 is 139 Å². The smallest absolute Gasteiger partial charge is 0.225 e. The van der Waals surface area contributed by atoms with Gasteiger partial charge in [0.15, 0.2) is 5.82 Å². The van der Waals surface area contributed by atoms with Crippen molar-refractivity contribution in [3.05, 3.63) is 34.7 Å². The van der Waals surface area contributed by atoms with Gasteiger partial charge in [0.2, 0.25) is 5.28 Å². The summed E-state index contributed by atoms with van der Waals surface area (Å²) in [7, 11) is -0.256. The summed E-state index contributed by atoms with van der Waals surface area (Å²) < 4.78 is 5.62. The summed E-state index contributed by atoms with van der Waals surface area (Å²) in [6, 6.07) is 6.73. The van der Waals surface area contributed by atoms with Crippen molar-refractivity contribution >= 4 is 47.9 Å². The number of ether oxygens (including phenoxy) is 1. The Morgan fingerprint density at radius 3 is 2.55 bits per heavy atom. The number of rotatable bonds is 5. The predicted octanol–water partition coefficient (Wildman–Crippen LogP) is 4.11. The Morgan fingerprint density at radius 1 is 1.16 bits per heavy atom. The monoisotopic (exact) mass is 485 g/mol. The molecule has 4 rings (SSSR count). The van der Waals surface area contributed by atoms with Gasteiger partial charge in [-0.05, 0) is 11.6 Å². The van der Waals surface area contributed by atoms with E-state index >= 15 is 0 Å². The predicted molar refractivity (Wildman–Crippen MR) is 131 cm³/mol. The van der Waals surface area contributed by atoms with Gasteiger partial charge in [-0.15, -0.1) is 0 Å². The summed E-state index contributed by atoms with van der Waals surface area (Å²) in [5.41, 5.74) is 1.91. The van der Waals surface area contributed by atoms with Crippen LogP contribution in [0.25, 0.3) is 0 Å². The molecule has 2 aliphatic heterocycles. The first-order valence-electron chi connectivity index (χ1n) is 10.7. The van der Waals surface area contributed by atoms with Crippen LogP contribution >= 0.6 is 30.7 Å². The van der Waals surface area contributed by atoms with Crippen LogP contribution in [0.15, 0.2) is 24.4 Å². The molecule has 2 saturated heterocycles. The second kappa shape index (κ2) is 9.63. The van der Waals surface area contributed by atoms with E-state index in [9.17, 15) is 4.89 Å². The van der Waals surface area contributed by atoms with Crippen LogP contribution in [-0.4, -0.2) is 78.1 Å². The molecule has 0 radical (unpaired) electrons. The Balaban J connectivity index is 1.40. The molecule has 1 aromatic heterocycles. The molecule has 0 unspecified atom stereocenters. The van der Waals surface area contributed by atoms with Gasteiger partial charge in [0.25, 0.3) is 0 Å². The standard InChI is InChI=1S/C21H30Cl2N5O2P/c1-30-19-13-16(3-4-18(19)25-20-17(22)14-24-21(23)26-20)27-7-5-15(6-8-27)28-9-11-31(2,29)12-10-28/h3-4,13-15,29,31H,5-12H2,1-2H3,(H,24,25,26). The van der Waals surface area contributed by atoms with E-state index in [0.717, 1.165) is 62.7 Å². The molecule has 0 aliphatic carbocycles. The molecule has 170 valence electrons. The van der Waals surface area contributed by atoms with E-state index in [0.29, 0.717) is 22.6 Å². The molecule has 2 aliphatic rings. The van der Waals surface area contributed by atoms with E-state index in [2.05, 4.69) is 37.8 Å². The number of aromatic nitrogens is 2. The van der Waals surface area contributed by atoms with E-state index in [1.807, 2.05) is 12.1 Å². The van der Waals surface area contributed by atoms with Crippen molar-refractivity contribution in [2.75, 3.05) is 62.5 Å². The molecule has 0 atom stereocenters. The van der Waals surface area contributed by atoms with Crippen LogP contribution in [0.1, 0.15) is 12.8 Å². The molecule has 2 aromatic rings. The molecule has 10 heteroatoms. The normalized spacial score (nSPS) is 21.0. The van der Waals surface area contributed by atoms with Crippen molar-refractivity contribution in [3.8, 4) is 5.75 Å². The third kappa shape index (κ3) is 5.52. The average Bonchev–Trinajstić information content (AvgIpc) is 2.77. The third-order valence-corrected chi connectivity index (χ3v) is 9.43. The van der Waals surface area contributed by atoms with E-state index in [1.54, 1.807) is 7.11 Å². The molecule has 0 saturated carbocycles. The van der Waals surface area contributed by atoms with Gasteiger partial charge in [0.05, 0.1) is 6.20 Å². The van der Waals surface area contributed by atoms with E-state index < -0.39 is 7.49 Å². The maximum absolute atomic E-state index is 10.3. The van der Waals surface area contributed by atoms with Crippen LogP contribution in [-0.2, 0) is 0 Å². The number of nitrogens with one attached hydrogen (secondary N) is 1. The quantitative estimate of drug-likeness (QED) is 0.487. The molecule has 31 heavy (non-hydrogen) atoms. The Bertz CT molecular complexity index is 915. The summed E-state index contributed by atoms with van der Waals surface area (Å²) in [5.74, 6) is 1.16. The van der Waals surface area contributed by atoms with Crippen molar-refractivity contribution in [2.45, 2.75) is 18.9 Å². The number of methoxy groups -OCH3 is 1. The van der Waals surface area contributed by atoms with E-state index in [4.69, 9.17) is 27.9 Å². The van der Waals surface area contributed by atoms with Gasteiger partial charge in [0, 0.05) is 0 Å². The first kappa shape index (κ1) is 22.8. The molecule has 0 amide bonds. The number of anilines is 3. The number of nitrogens with zero attached hydrogens (tertiary/aromatic N) is 4. The van der Waals surface area contributed by atoms with Crippen molar-refractivity contribution in [3.63, 3.8) is 0 Å². The van der Waals surface area contributed by atoms with Crippen molar-refractivity contribution in [2.24, 2.45) is 0 Å². The van der Waals surface area contributed by atoms with Crippen LogP contribution < -0.4 is 15.0 Å². The zero-order valence-corrected chi connectivity index (χ0v) is 20.5. The second-order valence-corrected chi connectivity index (χ2v) is 13.3. The van der Waals surface area contributed by atoms with Crippen molar-refractivity contribution < 1.29 is 9.63 Å². The van der Waals surface area contributed by atoms with Crippen LogP contribution in [0.4, 0.5) is 17.2 Å². The molecule has 1 aromatic carbocycles. The number of piperidine rings is 1. The summed E-state index contributed by atoms with van der Waals surface area (Å²) in [4.78, 5) is 23.4. The fourth-order valence-electron chi connectivity index (χ4n) is 4.40. The Hall–Kier alpha value is -1.37. The first-order chi connectivity index (χ1) is 14.8. The van der Waals surface area contributed by atoms with Gasteiger partial charge < -0.3 is 0 Å². The van der Waals surface area contributed by atoms with Crippen LogP contribution in [0.3, 0.4) is 0 Å². The van der Waals surface area contributed by atoms with Gasteiger partial charge in [0.1, 0.15) is 5.02 Å². The zero-order chi connectivity index (χ0) is 22.0. The van der Waals surface area contributed by atoms with Crippen LogP contribution in [0.2, 0.25) is 10.3 Å². The fraction of sp³-hybridized carbons (Fsp3) is 0.524. The van der Waals surface area contributed by atoms with E-state index in [-0.39, 0.29) is 5.28 Å². The minimum atomic E-state index is -1.91. The molecule has 0 spiro atoms. The number of benzene rings is 1. The third-order valence-electron chi connectivity index (χ3n) is 6.37.